The molecule has 0 aliphatic heterocycles. The second kappa shape index (κ2) is 9.68. The molecule has 1 N–H and O–H groups in total. The fraction of sp³-hybridized carbons (Fsp3) is 0.429. The molecule has 0 saturated carbocycles. The van der Waals surface area contributed by atoms with Crippen LogP contribution in [0.4, 0.5) is 5.69 Å². The molecule has 1 aromatic rings. The quantitative estimate of drug-likeness (QED) is 0.481. The molecule has 8 heteroatoms. The average Bonchev–Trinajstić information content (AvgIpc) is 2.41. The molecule has 0 spiro atoms. The van der Waals surface area contributed by atoms with Gasteiger partial charge < -0.3 is 9.84 Å². The van der Waals surface area contributed by atoms with Crippen molar-refractivity contribution in [1.29, 1.82) is 0 Å². The highest BCUT2D eigenvalue weighted by atomic mass is 79.9. The Morgan fingerprint density at radius 2 is 1.91 bits per heavy atom. The first-order valence-corrected chi connectivity index (χ1v) is 8.26. The third kappa shape index (κ3) is 7.13. The molecule has 0 radical (unpaired) electrons. The Morgan fingerprint density at radius 3 is 2.45 bits per heavy atom. The molecule has 0 bridgehead atoms. The first kappa shape index (κ1) is 18.8. The number of ether oxygens (including phenoxy) is 1. The summed E-state index contributed by atoms with van der Waals surface area (Å²) in [4.78, 5) is 22.4. The average molecular weight is 436 g/mol. The number of carbonyl (C=O) groups is 2. The lowest BCUT2D eigenvalue weighted by atomic mass is 10.1. The van der Waals surface area contributed by atoms with Crippen molar-refractivity contribution >= 4 is 49.5 Å². The lowest BCUT2D eigenvalue weighted by Gasteiger charge is -2.09. The minimum atomic E-state index is -0.907. The molecule has 0 saturated heterocycles. The fourth-order valence-electron chi connectivity index (χ4n) is 1.64. The summed E-state index contributed by atoms with van der Waals surface area (Å²) in [5, 5.41) is 16.7. The monoisotopic (exact) mass is 434 g/mol. The summed E-state index contributed by atoms with van der Waals surface area (Å²) in [5.74, 6) is -1.40. The highest BCUT2D eigenvalue weighted by Crippen LogP contribution is 2.26. The second-order valence-electron chi connectivity index (χ2n) is 4.40. The van der Waals surface area contributed by atoms with Crippen LogP contribution in [-0.4, -0.2) is 29.7 Å². The molecule has 22 heavy (non-hydrogen) atoms. The van der Waals surface area contributed by atoms with E-state index in [0.717, 1.165) is 8.95 Å². The van der Waals surface area contributed by atoms with Crippen molar-refractivity contribution in [3.63, 3.8) is 0 Å². The number of carbonyl (C=O) groups excluding carboxylic acids is 1. The number of benzene rings is 1. The zero-order valence-electron chi connectivity index (χ0n) is 12.0. The van der Waals surface area contributed by atoms with Gasteiger partial charge in [-0.1, -0.05) is 31.9 Å². The van der Waals surface area contributed by atoms with Gasteiger partial charge in [0.15, 0.2) is 6.04 Å². The van der Waals surface area contributed by atoms with Crippen molar-refractivity contribution < 1.29 is 19.4 Å². The van der Waals surface area contributed by atoms with Crippen molar-refractivity contribution in [1.82, 2.24) is 0 Å². The standard InChI is InChI=1S/C14H16Br2N2O4/c1-2-22-14(21)12(4-3-5-13(19)20)18-17-11-7-9(15)6-10(16)8-11/h6-8,12H,2-5H2,1H3,(H,19,20). The molecule has 1 aromatic carbocycles. The summed E-state index contributed by atoms with van der Waals surface area (Å²) in [5.41, 5.74) is 0.578. The van der Waals surface area contributed by atoms with Crippen LogP contribution in [0.25, 0.3) is 0 Å². The molecule has 0 aliphatic rings. The van der Waals surface area contributed by atoms with Crippen molar-refractivity contribution in [3.8, 4) is 0 Å². The van der Waals surface area contributed by atoms with E-state index < -0.39 is 18.0 Å². The molecule has 120 valence electrons. The SMILES string of the molecule is CCOC(=O)C(CCCC(=O)O)N=Nc1cc(Br)cc(Br)c1. The third-order valence-electron chi connectivity index (χ3n) is 2.59. The van der Waals surface area contributed by atoms with Crippen molar-refractivity contribution in [2.75, 3.05) is 6.61 Å². The van der Waals surface area contributed by atoms with Crippen LogP contribution in [0.5, 0.6) is 0 Å². The van der Waals surface area contributed by atoms with Gasteiger partial charge >= 0.3 is 11.9 Å². The molecule has 1 atom stereocenters. The van der Waals surface area contributed by atoms with Crippen LogP contribution < -0.4 is 0 Å². The van der Waals surface area contributed by atoms with E-state index in [1.165, 1.54) is 0 Å². The Kier molecular flexibility index (Phi) is 8.26. The molecule has 1 unspecified atom stereocenters. The summed E-state index contributed by atoms with van der Waals surface area (Å²) >= 11 is 6.69. The molecule has 0 amide bonds. The molecule has 0 aliphatic carbocycles. The number of hydrogen-bond donors (Lipinski definition) is 1. The Labute approximate surface area is 145 Å². The zero-order chi connectivity index (χ0) is 16.5. The van der Waals surface area contributed by atoms with Crippen LogP contribution in [0.1, 0.15) is 26.2 Å². The zero-order valence-corrected chi connectivity index (χ0v) is 15.1. The van der Waals surface area contributed by atoms with E-state index in [1.807, 2.05) is 6.07 Å². The first-order valence-electron chi connectivity index (χ1n) is 6.67. The van der Waals surface area contributed by atoms with E-state index in [4.69, 9.17) is 9.84 Å². The molecule has 1 rings (SSSR count). The van der Waals surface area contributed by atoms with Gasteiger partial charge in [-0.15, -0.1) is 0 Å². The summed E-state index contributed by atoms with van der Waals surface area (Å²) in [6.07, 6.45) is 0.595. The van der Waals surface area contributed by atoms with Gasteiger partial charge in [-0.05, 0) is 38.0 Å². The molecular weight excluding hydrogens is 420 g/mol. The molecule has 6 nitrogen and oxygen atoms in total. The van der Waals surface area contributed by atoms with E-state index in [9.17, 15) is 9.59 Å². The summed E-state index contributed by atoms with van der Waals surface area (Å²) in [6, 6.07) is 4.58. The highest BCUT2D eigenvalue weighted by Gasteiger charge is 2.19. The number of carboxylic acid groups (broad SMARTS) is 1. The van der Waals surface area contributed by atoms with Gasteiger partial charge in [0.1, 0.15) is 0 Å². The summed E-state index contributed by atoms with van der Waals surface area (Å²) in [6.45, 7) is 1.95. The summed E-state index contributed by atoms with van der Waals surface area (Å²) < 4.78 is 6.60. The van der Waals surface area contributed by atoms with Crippen molar-refractivity contribution in [2.24, 2.45) is 10.2 Å². The lowest BCUT2D eigenvalue weighted by molar-refractivity contribution is -0.145. The van der Waals surface area contributed by atoms with Gasteiger partial charge in [0.2, 0.25) is 0 Å². The van der Waals surface area contributed by atoms with Gasteiger partial charge in [-0.2, -0.15) is 10.2 Å². The number of hydrogen-bond acceptors (Lipinski definition) is 5. The van der Waals surface area contributed by atoms with Gasteiger partial charge in [0, 0.05) is 15.4 Å². The number of azo groups is 1. The normalized spacial score (nSPS) is 12.3. The molecular formula is C14H16Br2N2O4. The first-order chi connectivity index (χ1) is 10.4. The third-order valence-corrected chi connectivity index (χ3v) is 3.50. The summed E-state index contributed by atoms with van der Waals surface area (Å²) in [7, 11) is 0. The number of nitrogens with zero attached hydrogens (tertiary/aromatic N) is 2. The van der Waals surface area contributed by atoms with Crippen LogP contribution in [0.2, 0.25) is 0 Å². The van der Waals surface area contributed by atoms with Crippen LogP contribution in [0.3, 0.4) is 0 Å². The maximum Gasteiger partial charge on any atom is 0.332 e. The molecule has 0 aromatic heterocycles. The fourth-order valence-corrected chi connectivity index (χ4v) is 2.91. The van der Waals surface area contributed by atoms with Crippen molar-refractivity contribution in [3.05, 3.63) is 27.1 Å². The van der Waals surface area contributed by atoms with Crippen molar-refractivity contribution in [2.45, 2.75) is 32.2 Å². The van der Waals surface area contributed by atoms with E-state index in [1.54, 1.807) is 19.1 Å². The number of aliphatic carboxylic acids is 1. The highest BCUT2D eigenvalue weighted by molar-refractivity contribution is 9.11. The van der Waals surface area contributed by atoms with Crippen LogP contribution in [-0.2, 0) is 14.3 Å². The molecule has 0 heterocycles. The van der Waals surface area contributed by atoms with Gasteiger partial charge in [0.25, 0.3) is 0 Å². The lowest BCUT2D eigenvalue weighted by Crippen LogP contribution is -2.21. The van der Waals surface area contributed by atoms with Gasteiger partial charge in [-0.25, -0.2) is 4.79 Å². The van der Waals surface area contributed by atoms with Crippen LogP contribution in [0, 0.1) is 0 Å². The minimum Gasteiger partial charge on any atom is -0.481 e. The van der Waals surface area contributed by atoms with Gasteiger partial charge in [-0.3, -0.25) is 4.79 Å². The predicted octanol–water partition coefficient (Wildman–Crippen LogP) is 4.48. The Bertz CT molecular complexity index is 544. The van der Waals surface area contributed by atoms with Crippen LogP contribution >= 0.6 is 31.9 Å². The smallest absolute Gasteiger partial charge is 0.332 e. The van der Waals surface area contributed by atoms with Crippen LogP contribution in [0.15, 0.2) is 37.4 Å². The maximum absolute atomic E-state index is 11.8. The van der Waals surface area contributed by atoms with E-state index in [0.29, 0.717) is 12.1 Å². The number of carboxylic acids is 1. The topological polar surface area (TPSA) is 88.3 Å². The molecule has 0 fully saturated rings. The predicted molar refractivity (Wildman–Crippen MR) is 88.3 cm³/mol. The Balaban J connectivity index is 2.79. The Hall–Kier alpha value is -1.28. The van der Waals surface area contributed by atoms with E-state index >= 15 is 0 Å². The van der Waals surface area contributed by atoms with E-state index in [-0.39, 0.29) is 19.4 Å². The maximum atomic E-state index is 11.8. The second-order valence-corrected chi connectivity index (χ2v) is 6.23. The number of halogens is 2. The Morgan fingerprint density at radius 1 is 1.27 bits per heavy atom. The van der Waals surface area contributed by atoms with E-state index in [2.05, 4.69) is 42.1 Å². The number of rotatable bonds is 8. The minimum absolute atomic E-state index is 0.0200. The van der Waals surface area contributed by atoms with Gasteiger partial charge in [0.05, 0.1) is 12.3 Å². The largest absolute Gasteiger partial charge is 0.481 e. The number of esters is 1.